The molecule has 0 fully saturated rings. The van der Waals surface area contributed by atoms with E-state index in [1.165, 1.54) is 13.2 Å². The second-order valence-corrected chi connectivity index (χ2v) is 7.17. The highest BCUT2D eigenvalue weighted by atomic mass is 16.5. The lowest BCUT2D eigenvalue weighted by Crippen LogP contribution is -2.36. The summed E-state index contributed by atoms with van der Waals surface area (Å²) in [6, 6.07) is 20.1. The molecular weight excluding hydrogens is 366 g/mol. The molecule has 5 heteroatoms. The summed E-state index contributed by atoms with van der Waals surface area (Å²) < 4.78 is 16.8. The van der Waals surface area contributed by atoms with Gasteiger partial charge in [0, 0.05) is 23.6 Å². The van der Waals surface area contributed by atoms with Crippen LogP contribution in [0.2, 0.25) is 0 Å². The van der Waals surface area contributed by atoms with E-state index in [9.17, 15) is 4.79 Å². The van der Waals surface area contributed by atoms with Gasteiger partial charge in [-0.1, -0.05) is 66.7 Å². The van der Waals surface area contributed by atoms with E-state index >= 15 is 0 Å². The molecule has 0 radical (unpaired) electrons. The summed E-state index contributed by atoms with van der Waals surface area (Å²) in [5, 5.41) is 3.12. The summed E-state index contributed by atoms with van der Waals surface area (Å²) in [7, 11) is 1.37. The van der Waals surface area contributed by atoms with E-state index in [1.54, 1.807) is 0 Å². The molecule has 0 spiro atoms. The average molecular weight is 393 g/mol. The molecule has 2 aromatic carbocycles. The molecule has 29 heavy (non-hydrogen) atoms. The number of carbonyl (C=O) groups is 1. The molecule has 0 atom stereocenters. The van der Waals surface area contributed by atoms with Gasteiger partial charge in [-0.2, -0.15) is 0 Å². The standard InChI is InChI=1S/C24H27NO4/c1-27-23(26)14-22-15-24(12-13-25-22,18-28-16-20-8-4-2-5-9-20)19-29-17-21-10-6-3-7-11-21/h2-14,25H,15-19H2,1H3/b22-14-. The minimum Gasteiger partial charge on any atom is -0.466 e. The number of nitrogens with one attached hydrogen (secondary N) is 1. The zero-order chi connectivity index (χ0) is 20.4. The first-order valence-electron chi connectivity index (χ1n) is 9.65. The molecule has 0 unspecified atom stereocenters. The van der Waals surface area contributed by atoms with Crippen molar-refractivity contribution in [3.8, 4) is 0 Å². The zero-order valence-electron chi connectivity index (χ0n) is 16.7. The maximum Gasteiger partial charge on any atom is 0.332 e. The van der Waals surface area contributed by atoms with Crippen LogP contribution in [0.4, 0.5) is 0 Å². The molecule has 0 saturated carbocycles. The predicted octanol–water partition coefficient (Wildman–Crippen LogP) is 3.97. The summed E-state index contributed by atoms with van der Waals surface area (Å²) in [6.07, 6.45) is 5.99. The SMILES string of the molecule is COC(=O)/C=C1/CC(COCc2ccccc2)(COCc2ccccc2)C=CN1. The number of hydrogen-bond acceptors (Lipinski definition) is 5. The second kappa shape index (κ2) is 10.6. The monoisotopic (exact) mass is 393 g/mol. The highest BCUT2D eigenvalue weighted by Crippen LogP contribution is 2.32. The Labute approximate surface area is 172 Å². The van der Waals surface area contributed by atoms with Gasteiger partial charge >= 0.3 is 5.97 Å². The van der Waals surface area contributed by atoms with Crippen LogP contribution in [0, 0.1) is 5.41 Å². The summed E-state index contributed by atoms with van der Waals surface area (Å²) >= 11 is 0. The van der Waals surface area contributed by atoms with Crippen LogP contribution < -0.4 is 5.32 Å². The summed E-state index contributed by atoms with van der Waals surface area (Å²) in [5.41, 5.74) is 2.66. The number of allylic oxidation sites excluding steroid dienone is 1. The van der Waals surface area contributed by atoms with Crippen molar-refractivity contribution in [3.05, 3.63) is 95.8 Å². The number of esters is 1. The minimum atomic E-state index is -0.382. The number of ether oxygens (including phenoxy) is 3. The van der Waals surface area contributed by atoms with E-state index in [0.717, 1.165) is 16.8 Å². The third-order valence-corrected chi connectivity index (χ3v) is 4.74. The largest absolute Gasteiger partial charge is 0.466 e. The topological polar surface area (TPSA) is 56.8 Å². The van der Waals surface area contributed by atoms with E-state index in [1.807, 2.05) is 66.9 Å². The Hall–Kier alpha value is -2.89. The van der Waals surface area contributed by atoms with Gasteiger partial charge in [0.1, 0.15) is 0 Å². The third kappa shape index (κ3) is 6.59. The van der Waals surface area contributed by atoms with Crippen LogP contribution in [0.3, 0.4) is 0 Å². The van der Waals surface area contributed by atoms with Crippen LogP contribution in [0.1, 0.15) is 17.5 Å². The molecule has 0 bridgehead atoms. The second-order valence-electron chi connectivity index (χ2n) is 7.17. The average Bonchev–Trinajstić information content (AvgIpc) is 2.75. The molecule has 1 aliphatic rings. The Morgan fingerprint density at radius 1 is 0.966 bits per heavy atom. The molecule has 1 aliphatic heterocycles. The van der Waals surface area contributed by atoms with Crippen molar-refractivity contribution in [2.75, 3.05) is 20.3 Å². The number of carbonyl (C=O) groups excluding carboxylic acids is 1. The van der Waals surface area contributed by atoms with Crippen LogP contribution in [0.5, 0.6) is 0 Å². The Morgan fingerprint density at radius 2 is 1.52 bits per heavy atom. The minimum absolute atomic E-state index is 0.366. The van der Waals surface area contributed by atoms with Crippen LogP contribution in [0.25, 0.3) is 0 Å². The zero-order valence-corrected chi connectivity index (χ0v) is 16.7. The number of benzene rings is 2. The Balaban J connectivity index is 1.66. The maximum atomic E-state index is 11.7. The number of rotatable bonds is 9. The van der Waals surface area contributed by atoms with Gasteiger partial charge in [-0.25, -0.2) is 4.79 Å². The number of hydrogen-bond donors (Lipinski definition) is 1. The first-order valence-corrected chi connectivity index (χ1v) is 9.65. The van der Waals surface area contributed by atoms with Crippen molar-refractivity contribution in [3.63, 3.8) is 0 Å². The quantitative estimate of drug-likeness (QED) is 0.516. The van der Waals surface area contributed by atoms with E-state index in [-0.39, 0.29) is 11.4 Å². The van der Waals surface area contributed by atoms with Crippen molar-refractivity contribution in [2.45, 2.75) is 19.6 Å². The molecule has 0 aliphatic carbocycles. The molecule has 1 N–H and O–H groups in total. The summed E-state index contributed by atoms with van der Waals surface area (Å²) in [6.45, 7) is 2.01. The molecule has 1 heterocycles. The van der Waals surface area contributed by atoms with Gasteiger partial charge in [-0.15, -0.1) is 0 Å². The van der Waals surface area contributed by atoms with Crippen LogP contribution in [-0.4, -0.2) is 26.3 Å². The highest BCUT2D eigenvalue weighted by Gasteiger charge is 2.32. The van der Waals surface area contributed by atoms with Gasteiger partial charge in [0.05, 0.1) is 33.5 Å². The van der Waals surface area contributed by atoms with Crippen molar-refractivity contribution in [1.29, 1.82) is 0 Å². The van der Waals surface area contributed by atoms with Gasteiger partial charge in [0.15, 0.2) is 0 Å². The molecule has 0 saturated heterocycles. The maximum absolute atomic E-state index is 11.7. The molecule has 2 aromatic rings. The molecule has 5 nitrogen and oxygen atoms in total. The van der Waals surface area contributed by atoms with Gasteiger partial charge in [-0.05, 0) is 17.3 Å². The molecule has 0 amide bonds. The van der Waals surface area contributed by atoms with Crippen LogP contribution in [0.15, 0.2) is 84.7 Å². The van der Waals surface area contributed by atoms with Crippen LogP contribution in [-0.2, 0) is 32.2 Å². The van der Waals surface area contributed by atoms with Crippen molar-refractivity contribution < 1.29 is 19.0 Å². The smallest absolute Gasteiger partial charge is 0.332 e. The molecule has 0 aromatic heterocycles. The Bertz CT molecular complexity index is 785. The summed E-state index contributed by atoms with van der Waals surface area (Å²) in [4.78, 5) is 11.7. The highest BCUT2D eigenvalue weighted by molar-refractivity contribution is 5.82. The lowest BCUT2D eigenvalue weighted by atomic mass is 9.82. The first-order chi connectivity index (χ1) is 14.2. The van der Waals surface area contributed by atoms with Crippen molar-refractivity contribution >= 4 is 5.97 Å². The van der Waals surface area contributed by atoms with Gasteiger partial charge < -0.3 is 19.5 Å². The van der Waals surface area contributed by atoms with Crippen molar-refractivity contribution in [2.24, 2.45) is 5.41 Å². The fraction of sp³-hybridized carbons (Fsp3) is 0.292. The lowest BCUT2D eigenvalue weighted by molar-refractivity contribution is -0.134. The van der Waals surface area contributed by atoms with E-state index in [2.05, 4.69) is 11.4 Å². The Kier molecular flexibility index (Phi) is 7.61. The fourth-order valence-electron chi connectivity index (χ4n) is 3.24. The van der Waals surface area contributed by atoms with Crippen LogP contribution >= 0.6 is 0 Å². The molecule has 152 valence electrons. The van der Waals surface area contributed by atoms with Gasteiger partial charge in [-0.3, -0.25) is 0 Å². The van der Waals surface area contributed by atoms with E-state index in [0.29, 0.717) is 32.8 Å². The summed E-state index contributed by atoms with van der Waals surface area (Å²) in [5.74, 6) is -0.382. The normalized spacial score (nSPS) is 16.4. The van der Waals surface area contributed by atoms with Gasteiger partial charge in [0.2, 0.25) is 0 Å². The van der Waals surface area contributed by atoms with Gasteiger partial charge in [0.25, 0.3) is 0 Å². The molecular formula is C24H27NO4. The lowest BCUT2D eigenvalue weighted by Gasteiger charge is -2.34. The van der Waals surface area contributed by atoms with Crippen molar-refractivity contribution in [1.82, 2.24) is 5.32 Å². The fourth-order valence-corrected chi connectivity index (χ4v) is 3.24. The molecule has 3 rings (SSSR count). The van der Waals surface area contributed by atoms with E-state index in [4.69, 9.17) is 14.2 Å². The predicted molar refractivity (Wildman–Crippen MR) is 112 cm³/mol. The van der Waals surface area contributed by atoms with E-state index < -0.39 is 0 Å². The Morgan fingerprint density at radius 3 is 2.03 bits per heavy atom. The number of methoxy groups -OCH3 is 1. The third-order valence-electron chi connectivity index (χ3n) is 4.74. The first kappa shape index (κ1) is 20.8.